The van der Waals surface area contributed by atoms with Crippen LogP contribution in [0.4, 0.5) is 11.4 Å². The van der Waals surface area contributed by atoms with Gasteiger partial charge in [-0.25, -0.2) is 4.79 Å². The largest absolute Gasteiger partial charge is 0.465 e. The lowest BCUT2D eigenvalue weighted by Gasteiger charge is -2.09. The number of hydrogen-bond donors (Lipinski definition) is 2. The summed E-state index contributed by atoms with van der Waals surface area (Å²) in [6.07, 6.45) is 0.910. The van der Waals surface area contributed by atoms with E-state index >= 15 is 0 Å². The van der Waals surface area contributed by atoms with E-state index in [4.69, 9.17) is 0 Å². The maximum absolute atomic E-state index is 12.4. The van der Waals surface area contributed by atoms with Crippen LogP contribution in [0.25, 0.3) is 0 Å². The molecule has 1 aliphatic rings. The van der Waals surface area contributed by atoms with Gasteiger partial charge in [0.2, 0.25) is 5.91 Å². The molecule has 0 radical (unpaired) electrons. The highest BCUT2D eigenvalue weighted by Crippen LogP contribution is 2.38. The van der Waals surface area contributed by atoms with Crippen LogP contribution >= 0.6 is 0 Å². The maximum atomic E-state index is 12.4. The van der Waals surface area contributed by atoms with Crippen LogP contribution < -0.4 is 10.6 Å². The van der Waals surface area contributed by atoms with Gasteiger partial charge < -0.3 is 15.4 Å². The van der Waals surface area contributed by atoms with Crippen molar-refractivity contribution in [3.63, 3.8) is 0 Å². The van der Waals surface area contributed by atoms with Crippen molar-refractivity contribution in [3.05, 3.63) is 59.7 Å². The molecule has 1 aliphatic carbocycles. The minimum Gasteiger partial charge on any atom is -0.465 e. The third kappa shape index (κ3) is 4.08. The van der Waals surface area contributed by atoms with Crippen LogP contribution in [-0.2, 0) is 9.53 Å². The molecule has 0 saturated heterocycles. The zero-order valence-corrected chi connectivity index (χ0v) is 14.6. The summed E-state index contributed by atoms with van der Waals surface area (Å²) in [5.74, 6) is -0.244. The molecule has 26 heavy (non-hydrogen) atoms. The summed E-state index contributed by atoms with van der Waals surface area (Å²) in [6, 6.07) is 13.2. The van der Waals surface area contributed by atoms with Crippen LogP contribution in [0.3, 0.4) is 0 Å². The SMILES string of the molecule is COC(=O)c1ccc(NC(=O)c2cccc(NC(=O)[C@H]3C[C@H]3C)c2)cc1. The molecule has 3 rings (SSSR count). The van der Waals surface area contributed by atoms with E-state index in [1.165, 1.54) is 7.11 Å². The maximum Gasteiger partial charge on any atom is 0.337 e. The topological polar surface area (TPSA) is 84.5 Å². The molecule has 134 valence electrons. The van der Waals surface area contributed by atoms with Gasteiger partial charge in [-0.05, 0) is 54.8 Å². The highest BCUT2D eigenvalue weighted by molar-refractivity contribution is 6.05. The summed E-state index contributed by atoms with van der Waals surface area (Å²) in [5.41, 5.74) is 2.00. The van der Waals surface area contributed by atoms with Crippen LogP contribution in [0.1, 0.15) is 34.1 Å². The van der Waals surface area contributed by atoms with Gasteiger partial charge in [0.1, 0.15) is 0 Å². The minimum atomic E-state index is -0.434. The number of nitrogens with one attached hydrogen (secondary N) is 2. The van der Waals surface area contributed by atoms with Gasteiger partial charge in [-0.15, -0.1) is 0 Å². The molecular formula is C20H20N2O4. The number of methoxy groups -OCH3 is 1. The van der Waals surface area contributed by atoms with E-state index in [0.717, 1.165) is 6.42 Å². The normalized spacial score (nSPS) is 17.9. The summed E-state index contributed by atoms with van der Waals surface area (Å²) < 4.78 is 4.64. The summed E-state index contributed by atoms with van der Waals surface area (Å²) in [5, 5.41) is 5.61. The Kier molecular flexibility index (Phi) is 5.02. The molecule has 2 N–H and O–H groups in total. The summed E-state index contributed by atoms with van der Waals surface area (Å²) >= 11 is 0. The number of esters is 1. The van der Waals surface area contributed by atoms with E-state index in [0.29, 0.717) is 28.4 Å². The van der Waals surface area contributed by atoms with Crippen molar-refractivity contribution in [2.75, 3.05) is 17.7 Å². The average molecular weight is 352 g/mol. The average Bonchev–Trinajstić information content (AvgIpc) is 3.39. The Morgan fingerprint density at radius 2 is 1.65 bits per heavy atom. The number of ether oxygens (including phenoxy) is 1. The smallest absolute Gasteiger partial charge is 0.337 e. The second kappa shape index (κ2) is 7.39. The standard InChI is InChI=1S/C20H20N2O4/c1-12-10-17(12)19(24)22-16-5-3-4-14(11-16)18(23)21-15-8-6-13(7-9-15)20(25)26-2/h3-9,11-12,17H,10H2,1-2H3,(H,21,23)(H,22,24)/t12-,17+/m1/s1. The molecule has 0 heterocycles. The van der Waals surface area contributed by atoms with Crippen molar-refractivity contribution in [1.29, 1.82) is 0 Å². The number of rotatable bonds is 5. The molecule has 0 bridgehead atoms. The van der Waals surface area contributed by atoms with Crippen LogP contribution in [-0.4, -0.2) is 24.9 Å². The molecule has 0 unspecified atom stereocenters. The van der Waals surface area contributed by atoms with Crippen LogP contribution in [0, 0.1) is 11.8 Å². The number of hydrogen-bond acceptors (Lipinski definition) is 4. The van der Waals surface area contributed by atoms with E-state index in [9.17, 15) is 14.4 Å². The highest BCUT2D eigenvalue weighted by Gasteiger charge is 2.39. The zero-order valence-electron chi connectivity index (χ0n) is 14.6. The highest BCUT2D eigenvalue weighted by atomic mass is 16.5. The summed E-state index contributed by atoms with van der Waals surface area (Å²) in [7, 11) is 1.31. The van der Waals surface area contributed by atoms with Gasteiger partial charge in [-0.1, -0.05) is 13.0 Å². The number of carbonyl (C=O) groups is 3. The van der Waals surface area contributed by atoms with Crippen LogP contribution in [0.2, 0.25) is 0 Å². The first-order valence-corrected chi connectivity index (χ1v) is 8.38. The second-order valence-corrected chi connectivity index (χ2v) is 6.41. The molecule has 2 aromatic rings. The van der Waals surface area contributed by atoms with Gasteiger partial charge in [0.25, 0.3) is 5.91 Å². The van der Waals surface area contributed by atoms with Gasteiger partial charge in [0.15, 0.2) is 0 Å². The van der Waals surface area contributed by atoms with E-state index in [1.54, 1.807) is 48.5 Å². The minimum absolute atomic E-state index is 0.00606. The Labute approximate surface area is 151 Å². The molecule has 2 atom stereocenters. The molecule has 2 aromatic carbocycles. The lowest BCUT2D eigenvalue weighted by Crippen LogP contribution is -2.16. The number of benzene rings is 2. The van der Waals surface area contributed by atoms with Crippen LogP contribution in [0.15, 0.2) is 48.5 Å². The monoisotopic (exact) mass is 352 g/mol. The fraction of sp³-hybridized carbons (Fsp3) is 0.250. The third-order valence-electron chi connectivity index (χ3n) is 4.40. The Morgan fingerprint density at radius 1 is 0.962 bits per heavy atom. The predicted molar refractivity (Wildman–Crippen MR) is 98.1 cm³/mol. The lowest BCUT2D eigenvalue weighted by molar-refractivity contribution is -0.117. The van der Waals surface area contributed by atoms with Crippen molar-refractivity contribution in [2.24, 2.45) is 11.8 Å². The third-order valence-corrected chi connectivity index (χ3v) is 4.40. The fourth-order valence-electron chi connectivity index (χ4n) is 2.67. The molecule has 0 aliphatic heterocycles. The first-order valence-electron chi connectivity index (χ1n) is 8.38. The molecule has 2 amide bonds. The fourth-order valence-corrected chi connectivity index (χ4v) is 2.67. The second-order valence-electron chi connectivity index (χ2n) is 6.41. The van der Waals surface area contributed by atoms with Crippen LogP contribution in [0.5, 0.6) is 0 Å². The van der Waals surface area contributed by atoms with Gasteiger partial charge in [-0.3, -0.25) is 9.59 Å². The van der Waals surface area contributed by atoms with E-state index in [1.807, 2.05) is 6.92 Å². The van der Waals surface area contributed by atoms with Crippen molar-refractivity contribution >= 4 is 29.2 Å². The van der Waals surface area contributed by atoms with Crippen molar-refractivity contribution < 1.29 is 19.1 Å². The Hall–Kier alpha value is -3.15. The van der Waals surface area contributed by atoms with Gasteiger partial charge in [0.05, 0.1) is 12.7 Å². The number of carbonyl (C=O) groups excluding carboxylic acids is 3. The van der Waals surface area contributed by atoms with Crippen molar-refractivity contribution in [1.82, 2.24) is 0 Å². The summed E-state index contributed by atoms with van der Waals surface area (Å²) in [4.78, 5) is 35.9. The molecular weight excluding hydrogens is 332 g/mol. The Morgan fingerprint density at radius 3 is 2.27 bits per heavy atom. The van der Waals surface area contributed by atoms with Crippen molar-refractivity contribution in [3.8, 4) is 0 Å². The first kappa shape index (κ1) is 17.7. The zero-order chi connectivity index (χ0) is 18.7. The van der Waals surface area contributed by atoms with Crippen molar-refractivity contribution in [2.45, 2.75) is 13.3 Å². The molecule has 0 spiro atoms. The van der Waals surface area contributed by atoms with Gasteiger partial charge >= 0.3 is 5.97 Å². The molecule has 1 saturated carbocycles. The molecule has 6 nitrogen and oxygen atoms in total. The first-order chi connectivity index (χ1) is 12.5. The molecule has 0 aromatic heterocycles. The quantitative estimate of drug-likeness (QED) is 0.809. The number of anilines is 2. The van der Waals surface area contributed by atoms with E-state index in [-0.39, 0.29) is 17.7 Å². The molecule has 1 fully saturated rings. The van der Waals surface area contributed by atoms with Gasteiger partial charge in [0, 0.05) is 22.9 Å². The summed E-state index contributed by atoms with van der Waals surface area (Å²) in [6.45, 7) is 2.04. The van der Waals surface area contributed by atoms with E-state index in [2.05, 4.69) is 15.4 Å². The Bertz CT molecular complexity index is 845. The van der Waals surface area contributed by atoms with Gasteiger partial charge in [-0.2, -0.15) is 0 Å². The lowest BCUT2D eigenvalue weighted by atomic mass is 10.1. The Balaban J connectivity index is 1.65. The van der Waals surface area contributed by atoms with E-state index < -0.39 is 5.97 Å². The predicted octanol–water partition coefficient (Wildman–Crippen LogP) is 3.32. The molecule has 6 heteroatoms. The number of amides is 2.